The number of hydrogen-bond donors (Lipinski definition) is 2. The zero-order chi connectivity index (χ0) is 20.3. The highest BCUT2D eigenvalue weighted by molar-refractivity contribution is 5.84. The number of carbonyl (C=O) groups excluding carboxylic acids is 2. The molecule has 1 aromatic rings. The molecule has 1 saturated carbocycles. The molecule has 28 heavy (non-hydrogen) atoms. The minimum Gasteiger partial charge on any atom is -0.353 e. The Labute approximate surface area is 162 Å². The summed E-state index contributed by atoms with van der Waals surface area (Å²) in [6, 6.07) is 1.29. The third kappa shape index (κ3) is 5.47. The van der Waals surface area contributed by atoms with Gasteiger partial charge in [-0.15, -0.1) is 0 Å². The van der Waals surface area contributed by atoms with Crippen molar-refractivity contribution >= 4 is 11.8 Å². The highest BCUT2D eigenvalue weighted by Crippen LogP contribution is 2.24. The smallest absolute Gasteiger partial charge is 0.223 e. The van der Waals surface area contributed by atoms with E-state index in [1.54, 1.807) is 4.90 Å². The average Bonchev–Trinajstić information content (AvgIpc) is 3.48. The lowest BCUT2D eigenvalue weighted by Crippen LogP contribution is -2.44. The van der Waals surface area contributed by atoms with E-state index in [9.17, 15) is 22.8 Å². The van der Waals surface area contributed by atoms with E-state index in [0.29, 0.717) is 38.0 Å². The fourth-order valence-corrected chi connectivity index (χ4v) is 3.62. The number of hydrogen-bond acceptors (Lipinski definition) is 3. The summed E-state index contributed by atoms with van der Waals surface area (Å²) in [6.45, 7) is 1.06. The summed E-state index contributed by atoms with van der Waals surface area (Å²) in [4.78, 5) is 25.7. The summed E-state index contributed by atoms with van der Waals surface area (Å²) >= 11 is 0. The van der Waals surface area contributed by atoms with Crippen LogP contribution in [0.25, 0.3) is 0 Å². The molecule has 1 aliphatic heterocycles. The van der Waals surface area contributed by atoms with Gasteiger partial charge in [0.15, 0.2) is 11.6 Å². The minimum atomic E-state index is -1.22. The highest BCUT2D eigenvalue weighted by atomic mass is 19.2. The Kier molecular flexibility index (Phi) is 6.59. The number of likely N-dealkylation sites (tertiary alicyclic amines) is 1. The van der Waals surface area contributed by atoms with Crippen molar-refractivity contribution in [1.29, 1.82) is 0 Å². The number of benzene rings is 1. The van der Waals surface area contributed by atoms with E-state index in [0.717, 1.165) is 18.9 Å². The molecule has 0 bridgehead atoms. The molecular formula is C20H26F3N3O2. The van der Waals surface area contributed by atoms with E-state index in [1.165, 1.54) is 0 Å². The molecule has 2 fully saturated rings. The van der Waals surface area contributed by atoms with Crippen molar-refractivity contribution in [1.82, 2.24) is 10.2 Å². The van der Waals surface area contributed by atoms with Crippen LogP contribution in [0.1, 0.15) is 44.1 Å². The van der Waals surface area contributed by atoms with Gasteiger partial charge in [0.25, 0.3) is 0 Å². The van der Waals surface area contributed by atoms with E-state index in [-0.39, 0.29) is 42.6 Å². The van der Waals surface area contributed by atoms with E-state index in [4.69, 9.17) is 5.73 Å². The molecule has 5 nitrogen and oxygen atoms in total. The van der Waals surface area contributed by atoms with E-state index >= 15 is 0 Å². The lowest BCUT2D eigenvalue weighted by atomic mass is 9.86. The number of halogens is 3. The van der Waals surface area contributed by atoms with Crippen molar-refractivity contribution < 1.29 is 22.8 Å². The third-order valence-corrected chi connectivity index (χ3v) is 5.55. The Balaban J connectivity index is 1.43. The first kappa shape index (κ1) is 20.6. The van der Waals surface area contributed by atoms with E-state index in [2.05, 4.69) is 5.32 Å². The number of nitrogens with zero attached hydrogens (tertiary/aromatic N) is 1. The number of nitrogens with one attached hydrogen (secondary N) is 1. The van der Waals surface area contributed by atoms with Gasteiger partial charge in [-0.3, -0.25) is 9.59 Å². The lowest BCUT2D eigenvalue weighted by Gasteiger charge is -2.35. The molecule has 3 rings (SSSR count). The van der Waals surface area contributed by atoms with Gasteiger partial charge >= 0.3 is 0 Å². The first-order valence-corrected chi connectivity index (χ1v) is 9.79. The maximum atomic E-state index is 13.8. The van der Waals surface area contributed by atoms with Crippen LogP contribution >= 0.6 is 0 Å². The number of carbonyl (C=O) groups is 2. The molecular weight excluding hydrogens is 371 g/mol. The van der Waals surface area contributed by atoms with Gasteiger partial charge in [0.2, 0.25) is 11.8 Å². The Bertz CT molecular complexity index is 732. The summed E-state index contributed by atoms with van der Waals surface area (Å²) in [7, 11) is 0. The largest absolute Gasteiger partial charge is 0.353 e. The van der Waals surface area contributed by atoms with Gasteiger partial charge in [-0.05, 0) is 49.7 Å². The Hall–Kier alpha value is -2.09. The summed E-state index contributed by atoms with van der Waals surface area (Å²) in [5, 5.41) is 2.86. The molecule has 1 aliphatic carbocycles. The van der Waals surface area contributed by atoms with Gasteiger partial charge in [-0.2, -0.15) is 0 Å². The first-order valence-electron chi connectivity index (χ1n) is 9.79. The lowest BCUT2D eigenvalue weighted by molar-refractivity contribution is -0.134. The molecule has 0 spiro atoms. The van der Waals surface area contributed by atoms with Crippen molar-refractivity contribution in [3.63, 3.8) is 0 Å². The Morgan fingerprint density at radius 3 is 2.32 bits per heavy atom. The van der Waals surface area contributed by atoms with Gasteiger partial charge in [-0.1, -0.05) is 0 Å². The molecule has 1 aromatic carbocycles. The predicted molar refractivity (Wildman–Crippen MR) is 97.7 cm³/mol. The second-order valence-corrected chi connectivity index (χ2v) is 7.79. The number of nitrogens with two attached hydrogens (primary N) is 1. The zero-order valence-corrected chi connectivity index (χ0v) is 15.7. The van der Waals surface area contributed by atoms with Gasteiger partial charge < -0.3 is 16.0 Å². The van der Waals surface area contributed by atoms with Crippen molar-refractivity contribution in [2.45, 2.75) is 57.0 Å². The fraction of sp³-hybridized carbons (Fsp3) is 0.600. The molecule has 2 aliphatic rings. The predicted octanol–water partition coefficient (Wildman–Crippen LogP) is 2.27. The second-order valence-electron chi connectivity index (χ2n) is 7.79. The Morgan fingerprint density at radius 2 is 1.68 bits per heavy atom. The van der Waals surface area contributed by atoms with Crippen LogP contribution in [0.5, 0.6) is 0 Å². The van der Waals surface area contributed by atoms with Crippen LogP contribution in [0.3, 0.4) is 0 Å². The maximum Gasteiger partial charge on any atom is 0.223 e. The quantitative estimate of drug-likeness (QED) is 0.693. The molecule has 2 amide bonds. The van der Waals surface area contributed by atoms with Crippen LogP contribution < -0.4 is 11.1 Å². The van der Waals surface area contributed by atoms with Crippen molar-refractivity contribution in [2.24, 2.45) is 11.7 Å². The molecule has 1 atom stereocenters. The highest BCUT2D eigenvalue weighted by Gasteiger charge is 2.28. The van der Waals surface area contributed by atoms with Crippen LogP contribution in [0.4, 0.5) is 13.2 Å². The maximum absolute atomic E-state index is 13.8. The van der Waals surface area contributed by atoms with Gasteiger partial charge in [-0.25, -0.2) is 13.2 Å². The second kappa shape index (κ2) is 8.94. The van der Waals surface area contributed by atoms with Crippen molar-refractivity contribution in [3.8, 4) is 0 Å². The molecule has 3 N–H and O–H groups in total. The molecule has 0 aromatic heterocycles. The zero-order valence-electron chi connectivity index (χ0n) is 15.7. The van der Waals surface area contributed by atoms with Crippen LogP contribution in [-0.4, -0.2) is 41.9 Å². The average molecular weight is 397 g/mol. The van der Waals surface area contributed by atoms with Crippen LogP contribution in [0, 0.1) is 23.4 Å². The summed E-state index contributed by atoms with van der Waals surface area (Å²) in [5.41, 5.74) is 6.23. The molecule has 1 saturated heterocycles. The van der Waals surface area contributed by atoms with E-state index in [1.807, 2.05) is 0 Å². The topological polar surface area (TPSA) is 75.4 Å². The van der Waals surface area contributed by atoms with Crippen molar-refractivity contribution in [2.75, 3.05) is 13.1 Å². The minimum absolute atomic E-state index is 0.0513. The van der Waals surface area contributed by atoms with Crippen LogP contribution in [0.15, 0.2) is 12.1 Å². The molecule has 0 radical (unpaired) electrons. The standard InChI is InChI=1S/C20H26F3N3O2/c21-15-11-17(23)16(22)9-13(15)10-18(24)12-5-7-26(8-6-12)20(28)4-3-19(27)25-14-1-2-14/h9,11-12,14,18H,1-8,10,24H2,(H,25,27)/t18-/m1/s1. The summed E-state index contributed by atoms with van der Waals surface area (Å²) < 4.78 is 40.2. The van der Waals surface area contributed by atoms with Crippen LogP contribution in [-0.2, 0) is 16.0 Å². The molecule has 154 valence electrons. The normalized spacial score (nSPS) is 18.8. The monoisotopic (exact) mass is 397 g/mol. The molecule has 0 unspecified atom stereocenters. The molecule has 1 heterocycles. The summed E-state index contributed by atoms with van der Waals surface area (Å²) in [6.07, 6.45) is 3.85. The first-order chi connectivity index (χ1) is 13.3. The van der Waals surface area contributed by atoms with Gasteiger partial charge in [0, 0.05) is 44.1 Å². The number of amides is 2. The van der Waals surface area contributed by atoms with Gasteiger partial charge in [0.1, 0.15) is 5.82 Å². The molecule has 8 heteroatoms. The fourth-order valence-electron chi connectivity index (χ4n) is 3.62. The van der Waals surface area contributed by atoms with E-state index < -0.39 is 23.5 Å². The summed E-state index contributed by atoms with van der Waals surface area (Å²) in [5.74, 6) is -3.17. The van der Waals surface area contributed by atoms with Gasteiger partial charge in [0.05, 0.1) is 0 Å². The Morgan fingerprint density at radius 1 is 1.04 bits per heavy atom. The third-order valence-electron chi connectivity index (χ3n) is 5.55. The number of piperidine rings is 1. The number of rotatable bonds is 7. The van der Waals surface area contributed by atoms with Crippen molar-refractivity contribution in [3.05, 3.63) is 35.1 Å². The van der Waals surface area contributed by atoms with Crippen LogP contribution in [0.2, 0.25) is 0 Å². The SMILES string of the molecule is N[C@H](Cc1cc(F)c(F)cc1F)C1CCN(C(=O)CCC(=O)NC2CC2)CC1.